The Morgan fingerprint density at radius 1 is 1.32 bits per heavy atom. The van der Waals surface area contributed by atoms with Gasteiger partial charge in [-0.05, 0) is 42.7 Å². The number of carbonyl (C=O) groups excluding carboxylic acids is 1. The third kappa shape index (κ3) is 2.92. The number of fused-ring (bicyclic) bond motifs is 1. The molecule has 0 spiro atoms. The normalized spacial score (nSPS) is 18.6. The number of aromatic hydroxyl groups is 1. The molecule has 0 bridgehead atoms. The van der Waals surface area contributed by atoms with Crippen molar-refractivity contribution >= 4 is 16.7 Å². The molecule has 1 atom stereocenters. The molecule has 0 aliphatic carbocycles. The van der Waals surface area contributed by atoms with Crippen molar-refractivity contribution in [2.45, 2.75) is 25.9 Å². The maximum absolute atomic E-state index is 12.7. The van der Waals surface area contributed by atoms with E-state index in [2.05, 4.69) is 0 Å². The minimum Gasteiger partial charge on any atom is -0.507 e. The van der Waals surface area contributed by atoms with E-state index in [4.69, 9.17) is 4.74 Å². The average molecular weight is 299 g/mol. The molecular formula is C18H21NO3. The lowest BCUT2D eigenvalue weighted by atomic mass is 10.0. The summed E-state index contributed by atoms with van der Waals surface area (Å²) in [7, 11) is 0. The van der Waals surface area contributed by atoms with Gasteiger partial charge in [0, 0.05) is 19.7 Å². The summed E-state index contributed by atoms with van der Waals surface area (Å²) in [6.45, 7) is 3.94. The van der Waals surface area contributed by atoms with Crippen molar-refractivity contribution in [2.24, 2.45) is 0 Å². The summed E-state index contributed by atoms with van der Waals surface area (Å²) in [4.78, 5) is 14.5. The SMILES string of the molecule is CCOC1CCCN(C(=O)c2cc3ccccc3cc2O)C1. The molecule has 1 amide bonds. The lowest BCUT2D eigenvalue weighted by Gasteiger charge is -2.32. The van der Waals surface area contributed by atoms with Gasteiger partial charge in [0.15, 0.2) is 0 Å². The quantitative estimate of drug-likeness (QED) is 0.947. The van der Waals surface area contributed by atoms with Crippen molar-refractivity contribution in [3.63, 3.8) is 0 Å². The Bertz CT molecular complexity index is 681. The number of rotatable bonds is 3. The van der Waals surface area contributed by atoms with Crippen LogP contribution in [-0.4, -0.2) is 41.7 Å². The Labute approximate surface area is 130 Å². The number of nitrogens with zero attached hydrogens (tertiary/aromatic N) is 1. The van der Waals surface area contributed by atoms with Gasteiger partial charge in [-0.1, -0.05) is 24.3 Å². The fraction of sp³-hybridized carbons (Fsp3) is 0.389. The molecule has 1 fully saturated rings. The van der Waals surface area contributed by atoms with Crippen molar-refractivity contribution in [1.29, 1.82) is 0 Å². The lowest BCUT2D eigenvalue weighted by molar-refractivity contribution is 0.00715. The van der Waals surface area contributed by atoms with Gasteiger partial charge in [0.25, 0.3) is 5.91 Å². The van der Waals surface area contributed by atoms with Gasteiger partial charge in [-0.3, -0.25) is 4.79 Å². The Morgan fingerprint density at radius 2 is 2.05 bits per heavy atom. The zero-order valence-corrected chi connectivity index (χ0v) is 12.8. The molecular weight excluding hydrogens is 278 g/mol. The smallest absolute Gasteiger partial charge is 0.257 e. The fourth-order valence-corrected chi connectivity index (χ4v) is 3.06. The fourth-order valence-electron chi connectivity index (χ4n) is 3.06. The number of likely N-dealkylation sites (tertiary alicyclic amines) is 1. The Kier molecular flexibility index (Phi) is 4.29. The molecule has 4 heteroatoms. The van der Waals surface area contributed by atoms with Gasteiger partial charge in [-0.25, -0.2) is 0 Å². The van der Waals surface area contributed by atoms with E-state index in [-0.39, 0.29) is 17.8 Å². The first kappa shape index (κ1) is 14.9. The summed E-state index contributed by atoms with van der Waals surface area (Å²) in [6.07, 6.45) is 2.02. The molecule has 0 aromatic heterocycles. The molecule has 4 nitrogen and oxygen atoms in total. The highest BCUT2D eigenvalue weighted by Gasteiger charge is 2.26. The molecule has 0 saturated carbocycles. The average Bonchev–Trinajstić information content (AvgIpc) is 2.54. The number of hydrogen-bond acceptors (Lipinski definition) is 3. The highest BCUT2D eigenvalue weighted by Crippen LogP contribution is 2.27. The summed E-state index contributed by atoms with van der Waals surface area (Å²) in [5.74, 6) is -0.0742. The summed E-state index contributed by atoms with van der Waals surface area (Å²) >= 11 is 0. The summed E-state index contributed by atoms with van der Waals surface area (Å²) in [5, 5.41) is 12.1. The molecule has 1 heterocycles. The molecule has 1 aliphatic rings. The molecule has 2 aromatic rings. The molecule has 1 aliphatic heterocycles. The molecule has 22 heavy (non-hydrogen) atoms. The predicted molar refractivity (Wildman–Crippen MR) is 86.2 cm³/mol. The zero-order valence-electron chi connectivity index (χ0n) is 12.8. The van der Waals surface area contributed by atoms with Crippen LogP contribution in [0.5, 0.6) is 5.75 Å². The summed E-state index contributed by atoms with van der Waals surface area (Å²) in [6, 6.07) is 11.2. The van der Waals surface area contributed by atoms with E-state index in [1.807, 2.05) is 31.2 Å². The first-order chi connectivity index (χ1) is 10.7. The Balaban J connectivity index is 1.86. The molecule has 1 unspecified atom stereocenters. The van der Waals surface area contributed by atoms with E-state index in [0.717, 1.165) is 23.6 Å². The second-order valence-electron chi connectivity index (χ2n) is 5.69. The summed E-state index contributed by atoms with van der Waals surface area (Å²) < 4.78 is 5.64. The van der Waals surface area contributed by atoms with E-state index in [0.29, 0.717) is 25.3 Å². The second-order valence-corrected chi connectivity index (χ2v) is 5.69. The van der Waals surface area contributed by atoms with Crippen LogP contribution in [0.3, 0.4) is 0 Å². The van der Waals surface area contributed by atoms with E-state index >= 15 is 0 Å². The largest absolute Gasteiger partial charge is 0.507 e. The van der Waals surface area contributed by atoms with E-state index in [1.54, 1.807) is 17.0 Å². The van der Waals surface area contributed by atoms with E-state index < -0.39 is 0 Å². The first-order valence-electron chi connectivity index (χ1n) is 7.81. The molecule has 2 aromatic carbocycles. The van der Waals surface area contributed by atoms with Crippen LogP contribution in [0.2, 0.25) is 0 Å². The maximum atomic E-state index is 12.7. The van der Waals surface area contributed by atoms with Crippen molar-refractivity contribution in [3.8, 4) is 5.75 Å². The van der Waals surface area contributed by atoms with Crippen molar-refractivity contribution in [1.82, 2.24) is 4.90 Å². The monoisotopic (exact) mass is 299 g/mol. The van der Waals surface area contributed by atoms with Crippen LogP contribution in [0.4, 0.5) is 0 Å². The number of carbonyl (C=O) groups is 1. The second kappa shape index (κ2) is 6.36. The van der Waals surface area contributed by atoms with Gasteiger partial charge < -0.3 is 14.7 Å². The highest BCUT2D eigenvalue weighted by atomic mass is 16.5. The summed E-state index contributed by atoms with van der Waals surface area (Å²) in [5.41, 5.74) is 0.371. The predicted octanol–water partition coefficient (Wildman–Crippen LogP) is 3.19. The standard InChI is InChI=1S/C18H21NO3/c1-2-22-15-8-5-9-19(12-15)18(21)16-10-13-6-3-4-7-14(13)11-17(16)20/h3-4,6-7,10-11,15,20H,2,5,8-9,12H2,1H3. The van der Waals surface area contributed by atoms with Crippen LogP contribution in [0.25, 0.3) is 10.8 Å². The van der Waals surface area contributed by atoms with Crippen LogP contribution >= 0.6 is 0 Å². The van der Waals surface area contributed by atoms with Crippen molar-refractivity contribution < 1.29 is 14.6 Å². The first-order valence-corrected chi connectivity index (χ1v) is 7.81. The van der Waals surface area contributed by atoms with Crippen LogP contribution in [0.15, 0.2) is 36.4 Å². The molecule has 1 N–H and O–H groups in total. The minimum absolute atomic E-state index is 0.0437. The number of piperidine rings is 1. The lowest BCUT2D eigenvalue weighted by Crippen LogP contribution is -2.43. The zero-order chi connectivity index (χ0) is 15.5. The van der Waals surface area contributed by atoms with Crippen LogP contribution in [0, 0.1) is 0 Å². The van der Waals surface area contributed by atoms with Crippen molar-refractivity contribution in [2.75, 3.05) is 19.7 Å². The molecule has 3 rings (SSSR count). The van der Waals surface area contributed by atoms with Crippen LogP contribution in [-0.2, 0) is 4.74 Å². The third-order valence-electron chi connectivity index (χ3n) is 4.16. The van der Waals surface area contributed by atoms with Gasteiger partial charge in [0.2, 0.25) is 0 Å². The van der Waals surface area contributed by atoms with E-state index in [9.17, 15) is 9.90 Å². The number of phenols is 1. The van der Waals surface area contributed by atoms with Crippen molar-refractivity contribution in [3.05, 3.63) is 42.0 Å². The number of amides is 1. The van der Waals surface area contributed by atoms with E-state index in [1.165, 1.54) is 0 Å². The van der Waals surface area contributed by atoms with Crippen LogP contribution in [0.1, 0.15) is 30.1 Å². The topological polar surface area (TPSA) is 49.8 Å². The maximum Gasteiger partial charge on any atom is 0.257 e. The number of benzene rings is 2. The Morgan fingerprint density at radius 3 is 2.77 bits per heavy atom. The number of phenolic OH excluding ortho intramolecular Hbond substituents is 1. The van der Waals surface area contributed by atoms with Gasteiger partial charge in [0.05, 0.1) is 11.7 Å². The Hall–Kier alpha value is -2.07. The van der Waals surface area contributed by atoms with Crippen LogP contribution < -0.4 is 0 Å². The number of ether oxygens (including phenoxy) is 1. The molecule has 1 saturated heterocycles. The third-order valence-corrected chi connectivity index (χ3v) is 4.16. The van der Waals surface area contributed by atoms with Gasteiger partial charge in [-0.2, -0.15) is 0 Å². The minimum atomic E-state index is -0.118. The number of hydrogen-bond donors (Lipinski definition) is 1. The molecule has 116 valence electrons. The van der Waals surface area contributed by atoms with Gasteiger partial charge >= 0.3 is 0 Å². The molecule has 0 radical (unpaired) electrons. The van der Waals surface area contributed by atoms with Gasteiger partial charge in [0.1, 0.15) is 5.75 Å². The van der Waals surface area contributed by atoms with Gasteiger partial charge in [-0.15, -0.1) is 0 Å². The highest BCUT2D eigenvalue weighted by molar-refractivity contribution is 6.01.